The molecular formula is C14H16N2O2. The summed E-state index contributed by atoms with van der Waals surface area (Å²) in [7, 11) is 0. The van der Waals surface area contributed by atoms with Crippen molar-refractivity contribution in [3.05, 3.63) is 60.1 Å². The molecule has 0 radical (unpaired) electrons. The van der Waals surface area contributed by atoms with Crippen LogP contribution in [0.1, 0.15) is 30.3 Å². The Bertz CT molecular complexity index is 494. The molecule has 1 unspecified atom stereocenters. The molecule has 3 N–H and O–H groups in total. The Hall–Kier alpha value is -2.07. The Labute approximate surface area is 106 Å². The van der Waals surface area contributed by atoms with Crippen LogP contribution in [0.3, 0.4) is 0 Å². The van der Waals surface area contributed by atoms with Crippen LogP contribution in [0.25, 0.3) is 0 Å². The van der Waals surface area contributed by atoms with Crippen LogP contribution in [0.5, 0.6) is 0 Å². The molecule has 0 saturated heterocycles. The van der Waals surface area contributed by atoms with Crippen LogP contribution in [-0.2, 0) is 4.79 Å². The van der Waals surface area contributed by atoms with E-state index in [2.05, 4.69) is 5.32 Å². The largest absolute Gasteiger partial charge is 0.467 e. The Balaban J connectivity index is 2.00. The smallest absolute Gasteiger partial charge is 0.242 e. The predicted molar refractivity (Wildman–Crippen MR) is 68.6 cm³/mol. The zero-order chi connectivity index (χ0) is 13.0. The van der Waals surface area contributed by atoms with Gasteiger partial charge in [-0.1, -0.05) is 30.3 Å². The molecule has 0 aliphatic heterocycles. The highest BCUT2D eigenvalue weighted by Gasteiger charge is 2.18. The zero-order valence-electron chi connectivity index (χ0n) is 10.2. The normalized spacial score (nSPS) is 13.9. The second-order valence-corrected chi connectivity index (χ2v) is 4.13. The van der Waals surface area contributed by atoms with Gasteiger partial charge in [-0.25, -0.2) is 0 Å². The van der Waals surface area contributed by atoms with Gasteiger partial charge < -0.3 is 15.5 Å². The van der Waals surface area contributed by atoms with E-state index in [1.54, 1.807) is 12.3 Å². The first-order valence-electron chi connectivity index (χ1n) is 5.83. The molecule has 18 heavy (non-hydrogen) atoms. The van der Waals surface area contributed by atoms with Crippen molar-refractivity contribution in [2.24, 2.45) is 5.73 Å². The van der Waals surface area contributed by atoms with Gasteiger partial charge in [-0.05, 0) is 24.6 Å². The van der Waals surface area contributed by atoms with E-state index >= 15 is 0 Å². The van der Waals surface area contributed by atoms with E-state index in [4.69, 9.17) is 10.2 Å². The summed E-state index contributed by atoms with van der Waals surface area (Å²) < 4.78 is 5.23. The van der Waals surface area contributed by atoms with E-state index in [-0.39, 0.29) is 11.9 Å². The molecule has 1 amide bonds. The molecule has 0 fully saturated rings. The molecule has 94 valence electrons. The highest BCUT2D eigenvalue weighted by atomic mass is 16.3. The maximum Gasteiger partial charge on any atom is 0.242 e. The standard InChI is InChI=1S/C14H16N2O2/c1-10(12-8-5-9-18-12)16-14(17)13(15)11-6-3-2-4-7-11/h2-10,13H,15H2,1H3,(H,16,17)/t10-,13?/m1/s1. The van der Waals surface area contributed by atoms with Gasteiger partial charge in [0.05, 0.1) is 12.3 Å². The molecule has 0 saturated carbocycles. The molecule has 1 aromatic heterocycles. The number of carbonyl (C=O) groups excluding carboxylic acids is 1. The zero-order valence-corrected chi connectivity index (χ0v) is 10.2. The first kappa shape index (κ1) is 12.4. The fourth-order valence-electron chi connectivity index (χ4n) is 1.72. The summed E-state index contributed by atoms with van der Waals surface area (Å²) >= 11 is 0. The number of nitrogens with one attached hydrogen (secondary N) is 1. The Morgan fingerprint density at radius 1 is 1.22 bits per heavy atom. The van der Waals surface area contributed by atoms with Crippen molar-refractivity contribution in [1.82, 2.24) is 5.32 Å². The van der Waals surface area contributed by atoms with E-state index in [9.17, 15) is 4.79 Å². The van der Waals surface area contributed by atoms with Crippen molar-refractivity contribution in [1.29, 1.82) is 0 Å². The van der Waals surface area contributed by atoms with Gasteiger partial charge >= 0.3 is 0 Å². The number of carbonyl (C=O) groups is 1. The van der Waals surface area contributed by atoms with Gasteiger partial charge in [0.2, 0.25) is 5.91 Å². The van der Waals surface area contributed by atoms with Crippen LogP contribution in [0.2, 0.25) is 0 Å². The summed E-state index contributed by atoms with van der Waals surface area (Å²) in [5.74, 6) is 0.494. The quantitative estimate of drug-likeness (QED) is 0.866. The van der Waals surface area contributed by atoms with Crippen molar-refractivity contribution in [3.63, 3.8) is 0 Å². The lowest BCUT2D eigenvalue weighted by Gasteiger charge is -2.16. The molecule has 4 nitrogen and oxygen atoms in total. The van der Waals surface area contributed by atoms with Gasteiger partial charge in [0.25, 0.3) is 0 Å². The lowest BCUT2D eigenvalue weighted by molar-refractivity contribution is -0.123. The molecule has 0 bridgehead atoms. The monoisotopic (exact) mass is 244 g/mol. The highest BCUT2D eigenvalue weighted by Crippen LogP contribution is 2.15. The molecule has 2 aromatic rings. The van der Waals surface area contributed by atoms with Crippen molar-refractivity contribution in [2.75, 3.05) is 0 Å². The second-order valence-electron chi connectivity index (χ2n) is 4.13. The highest BCUT2D eigenvalue weighted by molar-refractivity contribution is 5.83. The van der Waals surface area contributed by atoms with E-state index in [0.29, 0.717) is 5.76 Å². The lowest BCUT2D eigenvalue weighted by atomic mass is 10.1. The topological polar surface area (TPSA) is 68.3 Å². The second kappa shape index (κ2) is 5.51. The predicted octanol–water partition coefficient (Wildman–Crippen LogP) is 2.16. The van der Waals surface area contributed by atoms with Gasteiger partial charge in [0.1, 0.15) is 11.8 Å². The molecule has 4 heteroatoms. The number of amides is 1. The number of furan rings is 1. The minimum atomic E-state index is -0.663. The first-order chi connectivity index (χ1) is 8.68. The minimum absolute atomic E-state index is 0.192. The summed E-state index contributed by atoms with van der Waals surface area (Å²) in [6, 6.07) is 12.0. The van der Waals surface area contributed by atoms with Gasteiger partial charge in [-0.3, -0.25) is 4.79 Å². The van der Waals surface area contributed by atoms with Crippen molar-refractivity contribution in [2.45, 2.75) is 19.0 Å². The number of hydrogen-bond donors (Lipinski definition) is 2. The summed E-state index contributed by atoms with van der Waals surface area (Å²) in [4.78, 5) is 12.0. The fourth-order valence-corrected chi connectivity index (χ4v) is 1.72. The summed E-state index contributed by atoms with van der Waals surface area (Å²) in [6.07, 6.45) is 1.58. The SMILES string of the molecule is C[C@@H](NC(=O)C(N)c1ccccc1)c1ccco1. The summed E-state index contributed by atoms with van der Waals surface area (Å²) in [5.41, 5.74) is 6.69. The molecule has 2 rings (SSSR count). The van der Waals surface area contributed by atoms with Crippen molar-refractivity contribution >= 4 is 5.91 Å². The Morgan fingerprint density at radius 2 is 1.94 bits per heavy atom. The van der Waals surface area contributed by atoms with Gasteiger partial charge in [-0.2, -0.15) is 0 Å². The summed E-state index contributed by atoms with van der Waals surface area (Å²) in [5, 5.41) is 2.82. The number of nitrogens with two attached hydrogens (primary N) is 1. The van der Waals surface area contributed by atoms with Crippen LogP contribution in [-0.4, -0.2) is 5.91 Å². The third-order valence-corrected chi connectivity index (χ3v) is 2.77. The number of hydrogen-bond acceptors (Lipinski definition) is 3. The molecular weight excluding hydrogens is 228 g/mol. The Morgan fingerprint density at radius 3 is 2.56 bits per heavy atom. The fraction of sp³-hybridized carbons (Fsp3) is 0.214. The molecule has 0 spiro atoms. The van der Waals surface area contributed by atoms with E-state index in [1.807, 2.05) is 43.3 Å². The maximum atomic E-state index is 12.0. The van der Waals surface area contributed by atoms with E-state index in [0.717, 1.165) is 5.56 Å². The van der Waals surface area contributed by atoms with Crippen LogP contribution < -0.4 is 11.1 Å². The molecule has 1 heterocycles. The van der Waals surface area contributed by atoms with Crippen LogP contribution in [0.15, 0.2) is 53.1 Å². The van der Waals surface area contributed by atoms with Crippen LogP contribution in [0.4, 0.5) is 0 Å². The third-order valence-electron chi connectivity index (χ3n) is 2.77. The minimum Gasteiger partial charge on any atom is -0.467 e. The summed E-state index contributed by atoms with van der Waals surface area (Å²) in [6.45, 7) is 1.86. The van der Waals surface area contributed by atoms with Crippen molar-refractivity contribution in [3.8, 4) is 0 Å². The number of rotatable bonds is 4. The van der Waals surface area contributed by atoms with Crippen molar-refractivity contribution < 1.29 is 9.21 Å². The molecule has 0 aliphatic carbocycles. The molecule has 1 aromatic carbocycles. The average Bonchev–Trinajstić information content (AvgIpc) is 2.92. The molecule has 2 atom stereocenters. The van der Waals surface area contributed by atoms with Crippen LogP contribution >= 0.6 is 0 Å². The Kier molecular flexibility index (Phi) is 3.79. The van der Waals surface area contributed by atoms with E-state index in [1.165, 1.54) is 0 Å². The van der Waals surface area contributed by atoms with E-state index < -0.39 is 6.04 Å². The van der Waals surface area contributed by atoms with Gasteiger partial charge in [0.15, 0.2) is 0 Å². The molecule has 0 aliphatic rings. The third kappa shape index (κ3) is 2.78. The lowest BCUT2D eigenvalue weighted by Crippen LogP contribution is -2.35. The van der Waals surface area contributed by atoms with Crippen LogP contribution in [0, 0.1) is 0 Å². The first-order valence-corrected chi connectivity index (χ1v) is 5.83. The van der Waals surface area contributed by atoms with Gasteiger partial charge in [-0.15, -0.1) is 0 Å². The van der Waals surface area contributed by atoms with Gasteiger partial charge in [0, 0.05) is 0 Å². The number of benzene rings is 1. The maximum absolute atomic E-state index is 12.0. The average molecular weight is 244 g/mol.